The van der Waals surface area contributed by atoms with Gasteiger partial charge in [0, 0.05) is 55.4 Å². The number of nitrogens with zero attached hydrogens (tertiary/aromatic N) is 3. The smallest absolute Gasteiger partial charge is 0.257 e. The lowest BCUT2D eigenvalue weighted by Gasteiger charge is -2.30. The fraction of sp³-hybridized carbons (Fsp3) is 0.276. The topological polar surface area (TPSA) is 85.7 Å². The number of ether oxygens (including phenoxy) is 2. The lowest BCUT2D eigenvalue weighted by Crippen LogP contribution is -2.35. The standard InChI is InChI=1S/C29H27ClN4O4/c30-22-5-3-19(4-6-22)14-32-29(36)24-17-34-18-26(21-2-1-7-31-15-21)38-25-13-20(12-23(27(25)34)28(24)35)16-33-8-10-37-11-9-33/h1-7,12-13,15,17,26H,8-11,14,16,18H2,(H,32,36)/t26-/m0/s1. The SMILES string of the molecule is O=C(NCc1ccc(Cl)cc1)c1cn2c3c(cc(CN4CCOCC4)cc3c1=O)O[C@H](c1cccnc1)C2. The number of amides is 1. The van der Waals surface area contributed by atoms with Crippen LogP contribution in [-0.2, 0) is 24.4 Å². The first-order valence-electron chi connectivity index (χ1n) is 12.6. The number of halogens is 1. The first kappa shape index (κ1) is 24.6. The van der Waals surface area contributed by atoms with E-state index >= 15 is 0 Å². The largest absolute Gasteiger partial charge is 0.482 e. The molecule has 0 radical (unpaired) electrons. The molecule has 1 amide bonds. The molecule has 2 aliphatic heterocycles. The maximum absolute atomic E-state index is 13.7. The van der Waals surface area contributed by atoms with E-state index in [1.165, 1.54) is 0 Å². The lowest BCUT2D eigenvalue weighted by molar-refractivity contribution is 0.0341. The minimum absolute atomic E-state index is 0.104. The van der Waals surface area contributed by atoms with E-state index in [1.54, 1.807) is 30.7 Å². The van der Waals surface area contributed by atoms with Crippen molar-refractivity contribution in [3.8, 4) is 5.75 Å². The van der Waals surface area contributed by atoms with Gasteiger partial charge in [0.15, 0.2) is 0 Å². The molecule has 0 spiro atoms. The fourth-order valence-corrected chi connectivity index (χ4v) is 5.18. The number of aromatic nitrogens is 2. The number of carbonyl (C=O) groups is 1. The van der Waals surface area contributed by atoms with Gasteiger partial charge >= 0.3 is 0 Å². The van der Waals surface area contributed by atoms with Crippen molar-refractivity contribution < 1.29 is 14.3 Å². The highest BCUT2D eigenvalue weighted by atomic mass is 35.5. The normalized spacial score (nSPS) is 17.2. The van der Waals surface area contributed by atoms with Crippen molar-refractivity contribution in [2.75, 3.05) is 26.3 Å². The van der Waals surface area contributed by atoms with Crippen LogP contribution in [0.25, 0.3) is 10.9 Å². The van der Waals surface area contributed by atoms with Crippen molar-refractivity contribution in [3.63, 3.8) is 0 Å². The third kappa shape index (κ3) is 5.03. The molecule has 0 saturated carbocycles. The summed E-state index contributed by atoms with van der Waals surface area (Å²) < 4.78 is 13.9. The summed E-state index contributed by atoms with van der Waals surface area (Å²) in [5.74, 6) is 0.219. The molecule has 0 aliphatic carbocycles. The number of nitrogens with one attached hydrogen (secondary N) is 1. The molecular formula is C29H27ClN4O4. The zero-order chi connectivity index (χ0) is 26.1. The zero-order valence-corrected chi connectivity index (χ0v) is 21.5. The average molecular weight is 531 g/mol. The summed E-state index contributed by atoms with van der Waals surface area (Å²) in [6, 6.07) is 15.0. The Hall–Kier alpha value is -3.72. The second-order valence-corrected chi connectivity index (χ2v) is 10.0. The van der Waals surface area contributed by atoms with E-state index in [4.69, 9.17) is 21.1 Å². The van der Waals surface area contributed by atoms with Crippen LogP contribution < -0.4 is 15.5 Å². The Balaban J connectivity index is 1.38. The molecule has 2 aromatic carbocycles. The fourth-order valence-electron chi connectivity index (χ4n) is 5.05. The van der Waals surface area contributed by atoms with Gasteiger partial charge < -0.3 is 19.4 Å². The summed E-state index contributed by atoms with van der Waals surface area (Å²) in [7, 11) is 0. The maximum Gasteiger partial charge on any atom is 0.257 e. The van der Waals surface area contributed by atoms with E-state index in [-0.39, 0.29) is 23.6 Å². The van der Waals surface area contributed by atoms with Crippen molar-refractivity contribution in [2.45, 2.75) is 25.7 Å². The van der Waals surface area contributed by atoms with Crippen LogP contribution in [0, 0.1) is 0 Å². The quantitative estimate of drug-likeness (QED) is 0.406. The predicted molar refractivity (Wildman–Crippen MR) is 145 cm³/mol. The Kier molecular flexibility index (Phi) is 6.84. The van der Waals surface area contributed by atoms with Gasteiger partial charge in [-0.15, -0.1) is 0 Å². The summed E-state index contributed by atoms with van der Waals surface area (Å²) in [6.45, 7) is 4.43. The van der Waals surface area contributed by atoms with Crippen molar-refractivity contribution in [1.29, 1.82) is 0 Å². The number of carbonyl (C=O) groups excluding carboxylic acids is 1. The van der Waals surface area contributed by atoms with Gasteiger partial charge in [-0.05, 0) is 41.5 Å². The van der Waals surface area contributed by atoms with E-state index in [2.05, 4.69) is 15.2 Å². The van der Waals surface area contributed by atoms with Gasteiger partial charge in [-0.25, -0.2) is 0 Å². The van der Waals surface area contributed by atoms with Gasteiger partial charge in [0.1, 0.15) is 17.4 Å². The van der Waals surface area contributed by atoms with E-state index < -0.39 is 5.91 Å². The van der Waals surface area contributed by atoms with Gasteiger partial charge in [0.2, 0.25) is 5.43 Å². The molecule has 0 unspecified atom stereocenters. The molecule has 194 valence electrons. The molecule has 2 aliphatic rings. The number of rotatable bonds is 6. The first-order valence-corrected chi connectivity index (χ1v) is 13.0. The minimum atomic E-state index is -0.417. The van der Waals surface area contributed by atoms with Gasteiger partial charge in [-0.3, -0.25) is 19.5 Å². The molecule has 0 bridgehead atoms. The third-order valence-electron chi connectivity index (χ3n) is 7.00. The molecule has 6 rings (SSSR count). The third-order valence-corrected chi connectivity index (χ3v) is 7.26. The van der Waals surface area contributed by atoms with Crippen LogP contribution in [-0.4, -0.2) is 46.7 Å². The van der Waals surface area contributed by atoms with Crippen LogP contribution in [0.3, 0.4) is 0 Å². The second-order valence-electron chi connectivity index (χ2n) is 9.60. The molecule has 8 nitrogen and oxygen atoms in total. The van der Waals surface area contributed by atoms with Crippen LogP contribution in [0.2, 0.25) is 5.02 Å². The van der Waals surface area contributed by atoms with Gasteiger partial charge in [0.05, 0.1) is 30.7 Å². The molecule has 38 heavy (non-hydrogen) atoms. The van der Waals surface area contributed by atoms with E-state index in [0.717, 1.165) is 29.8 Å². The molecule has 1 atom stereocenters. The summed E-state index contributed by atoms with van der Waals surface area (Å²) in [6.07, 6.45) is 4.86. The van der Waals surface area contributed by atoms with Crippen LogP contribution in [0.4, 0.5) is 0 Å². The Morgan fingerprint density at radius 3 is 2.68 bits per heavy atom. The molecule has 4 heterocycles. The Bertz CT molecular complexity index is 1530. The summed E-state index contributed by atoms with van der Waals surface area (Å²) in [5, 5.41) is 4.00. The van der Waals surface area contributed by atoms with Crippen LogP contribution >= 0.6 is 11.6 Å². The van der Waals surface area contributed by atoms with E-state index in [0.29, 0.717) is 48.0 Å². The predicted octanol–water partition coefficient (Wildman–Crippen LogP) is 3.95. The van der Waals surface area contributed by atoms with Crippen LogP contribution in [0.1, 0.15) is 33.2 Å². The monoisotopic (exact) mass is 530 g/mol. The van der Waals surface area contributed by atoms with Crippen LogP contribution in [0.15, 0.2) is 71.9 Å². The number of pyridine rings is 2. The molecule has 4 aromatic rings. The molecule has 1 saturated heterocycles. The average Bonchev–Trinajstić information content (AvgIpc) is 2.95. The van der Waals surface area contributed by atoms with E-state index in [9.17, 15) is 9.59 Å². The Morgan fingerprint density at radius 2 is 1.92 bits per heavy atom. The summed E-state index contributed by atoms with van der Waals surface area (Å²) in [5.41, 5.74) is 3.28. The van der Waals surface area contributed by atoms with Gasteiger partial charge in [0.25, 0.3) is 5.91 Å². The summed E-state index contributed by atoms with van der Waals surface area (Å²) in [4.78, 5) is 33.5. The molecule has 1 N–H and O–H groups in total. The highest BCUT2D eigenvalue weighted by Crippen LogP contribution is 2.36. The van der Waals surface area contributed by atoms with E-state index in [1.807, 2.05) is 41.0 Å². The van der Waals surface area contributed by atoms with Crippen molar-refractivity contribution in [3.05, 3.63) is 105 Å². The molecule has 2 aromatic heterocycles. The molecule has 9 heteroatoms. The van der Waals surface area contributed by atoms with Gasteiger partial charge in [-0.1, -0.05) is 29.8 Å². The number of hydrogen-bond donors (Lipinski definition) is 1. The number of hydrogen-bond acceptors (Lipinski definition) is 6. The lowest BCUT2D eigenvalue weighted by atomic mass is 10.0. The molecule has 1 fully saturated rings. The Labute approximate surface area is 224 Å². The zero-order valence-electron chi connectivity index (χ0n) is 20.7. The van der Waals surface area contributed by atoms with Crippen molar-refractivity contribution in [1.82, 2.24) is 19.8 Å². The Morgan fingerprint density at radius 1 is 1.11 bits per heavy atom. The maximum atomic E-state index is 13.7. The highest BCUT2D eigenvalue weighted by Gasteiger charge is 2.27. The second kappa shape index (κ2) is 10.6. The highest BCUT2D eigenvalue weighted by molar-refractivity contribution is 6.30. The minimum Gasteiger partial charge on any atom is -0.482 e. The number of morpholine rings is 1. The van der Waals surface area contributed by atoms with Crippen LogP contribution in [0.5, 0.6) is 5.75 Å². The summed E-state index contributed by atoms with van der Waals surface area (Å²) >= 11 is 5.97. The number of benzene rings is 2. The van der Waals surface area contributed by atoms with Crippen molar-refractivity contribution in [2.24, 2.45) is 0 Å². The van der Waals surface area contributed by atoms with Gasteiger partial charge in [-0.2, -0.15) is 0 Å². The molecular weight excluding hydrogens is 504 g/mol. The first-order chi connectivity index (χ1) is 18.5. The van der Waals surface area contributed by atoms with Crippen molar-refractivity contribution >= 4 is 28.4 Å².